The summed E-state index contributed by atoms with van der Waals surface area (Å²) >= 11 is 0. The van der Waals surface area contributed by atoms with Crippen LogP contribution in [0.2, 0.25) is 0 Å². The summed E-state index contributed by atoms with van der Waals surface area (Å²) < 4.78 is 5.56. The predicted molar refractivity (Wildman–Crippen MR) is 204 cm³/mol. The second kappa shape index (κ2) is 18.0. The van der Waals surface area contributed by atoms with Gasteiger partial charge in [0.25, 0.3) is 5.91 Å². The minimum Gasteiger partial charge on any atom is -0.444 e. The summed E-state index contributed by atoms with van der Waals surface area (Å²) in [4.78, 5) is 97.8. The second-order valence-electron chi connectivity index (χ2n) is 17.4. The van der Waals surface area contributed by atoms with Crippen molar-refractivity contribution in [3.05, 3.63) is 35.9 Å². The minimum atomic E-state index is -1.15. The van der Waals surface area contributed by atoms with Crippen molar-refractivity contribution in [3.8, 4) is 0 Å². The minimum absolute atomic E-state index is 0.0849. The fourth-order valence-corrected chi connectivity index (χ4v) is 8.65. The van der Waals surface area contributed by atoms with Crippen molar-refractivity contribution >= 4 is 41.4 Å². The molecule has 5 rings (SSSR count). The van der Waals surface area contributed by atoms with E-state index in [1.54, 1.807) is 70.1 Å². The van der Waals surface area contributed by atoms with E-state index >= 15 is 0 Å². The number of hydrogen-bond acceptors (Lipinski definition) is 8. The zero-order chi connectivity index (χ0) is 40.0. The molecule has 1 aromatic rings. The van der Waals surface area contributed by atoms with Crippen LogP contribution >= 0.6 is 0 Å². The number of benzene rings is 1. The zero-order valence-electron chi connectivity index (χ0n) is 33.2. The lowest BCUT2D eigenvalue weighted by molar-refractivity contribution is -0.144. The molecule has 6 amide bonds. The largest absolute Gasteiger partial charge is 0.444 e. The second-order valence-corrected chi connectivity index (χ2v) is 17.4. The molecule has 302 valence electrons. The number of rotatable bonds is 14. The molecule has 0 aromatic heterocycles. The SMILES string of the molecule is CC1C[C@H]2CN(C(=O)[C@@H](NC(=O)OC(C)(C)C)C3CCCCC3)[C@H](C(=O)N[C@@H](CC3CC3)C(=O)C(=O)NCC(=O)N[C@H](C(=O)N(C)C)c3ccccc3)[C@H]2C1. The van der Waals surface area contributed by atoms with Gasteiger partial charge in [-0.1, -0.05) is 69.4 Å². The number of Topliss-reactive ketones (excluding diaryl/α,β-unsaturated/α-hetero) is 1. The first kappa shape index (κ1) is 41.7. The number of carbonyl (C=O) groups excluding carboxylic acids is 7. The Bertz CT molecular complexity index is 1580. The number of nitrogens with one attached hydrogen (secondary N) is 4. The first-order valence-corrected chi connectivity index (χ1v) is 20.0. The number of hydrogen-bond donors (Lipinski definition) is 4. The van der Waals surface area contributed by atoms with E-state index in [2.05, 4.69) is 28.2 Å². The van der Waals surface area contributed by atoms with Gasteiger partial charge in [-0.3, -0.25) is 28.8 Å². The highest BCUT2D eigenvalue weighted by molar-refractivity contribution is 6.38. The summed E-state index contributed by atoms with van der Waals surface area (Å²) in [6, 6.07) is 4.82. The Morgan fingerprint density at radius 1 is 0.891 bits per heavy atom. The van der Waals surface area contributed by atoms with Gasteiger partial charge in [-0.15, -0.1) is 0 Å². The van der Waals surface area contributed by atoms with Crippen molar-refractivity contribution < 1.29 is 38.3 Å². The number of nitrogens with zero attached hydrogens (tertiary/aromatic N) is 2. The molecule has 4 fully saturated rings. The van der Waals surface area contributed by atoms with Crippen LogP contribution in [-0.4, -0.2) is 102 Å². The van der Waals surface area contributed by atoms with Gasteiger partial charge in [-0.05, 0) is 88.0 Å². The Hall–Kier alpha value is -4.49. The molecule has 1 saturated heterocycles. The molecule has 0 radical (unpaired) electrons. The van der Waals surface area contributed by atoms with E-state index in [1.807, 2.05) is 0 Å². The smallest absolute Gasteiger partial charge is 0.408 e. The van der Waals surface area contributed by atoms with Gasteiger partial charge in [0.15, 0.2) is 0 Å². The van der Waals surface area contributed by atoms with E-state index in [-0.39, 0.29) is 41.9 Å². The van der Waals surface area contributed by atoms with Gasteiger partial charge >= 0.3 is 6.09 Å². The number of amides is 6. The van der Waals surface area contributed by atoms with E-state index in [0.29, 0.717) is 18.0 Å². The molecular formula is C41H60N6O8. The monoisotopic (exact) mass is 764 g/mol. The highest BCUT2D eigenvalue weighted by Gasteiger charge is 2.53. The van der Waals surface area contributed by atoms with Crippen molar-refractivity contribution in [1.29, 1.82) is 0 Å². The fraction of sp³-hybridized carbons (Fsp3) is 0.683. The maximum absolute atomic E-state index is 14.6. The van der Waals surface area contributed by atoms with Gasteiger partial charge in [0, 0.05) is 20.6 Å². The van der Waals surface area contributed by atoms with E-state index in [0.717, 1.165) is 57.8 Å². The number of ether oxygens (including phenoxy) is 1. The molecule has 4 aliphatic rings. The lowest BCUT2D eigenvalue weighted by Gasteiger charge is -2.36. The highest BCUT2D eigenvalue weighted by atomic mass is 16.6. The molecule has 1 unspecified atom stereocenters. The molecule has 0 bridgehead atoms. The third kappa shape index (κ3) is 11.1. The first-order valence-electron chi connectivity index (χ1n) is 20.0. The van der Waals surface area contributed by atoms with Gasteiger partial charge in [0.1, 0.15) is 23.7 Å². The summed E-state index contributed by atoms with van der Waals surface area (Å²) in [6.07, 6.45) is 7.35. The van der Waals surface area contributed by atoms with Crippen LogP contribution in [0.15, 0.2) is 30.3 Å². The quantitative estimate of drug-likeness (QED) is 0.208. The molecule has 1 aromatic carbocycles. The maximum Gasteiger partial charge on any atom is 0.408 e. The van der Waals surface area contributed by atoms with Crippen LogP contribution in [-0.2, 0) is 33.5 Å². The van der Waals surface area contributed by atoms with Gasteiger partial charge in [0.2, 0.25) is 29.4 Å². The molecule has 1 aliphatic heterocycles. The molecule has 7 atom stereocenters. The molecule has 14 heteroatoms. The number of likely N-dealkylation sites (N-methyl/N-ethyl adjacent to an activating group) is 1. The van der Waals surface area contributed by atoms with Crippen LogP contribution in [0, 0.1) is 29.6 Å². The Morgan fingerprint density at radius 3 is 2.18 bits per heavy atom. The first-order chi connectivity index (χ1) is 26.0. The average Bonchev–Trinajstić information content (AvgIpc) is 3.79. The summed E-state index contributed by atoms with van der Waals surface area (Å²) in [6.45, 7) is 7.22. The van der Waals surface area contributed by atoms with Crippen LogP contribution in [0.1, 0.15) is 104 Å². The number of alkyl carbamates (subject to hydrolysis) is 1. The lowest BCUT2D eigenvalue weighted by Crippen LogP contribution is -2.59. The van der Waals surface area contributed by atoms with Crippen molar-refractivity contribution in [3.63, 3.8) is 0 Å². The predicted octanol–water partition coefficient (Wildman–Crippen LogP) is 3.25. The number of fused-ring (bicyclic) bond motifs is 1. The fourth-order valence-electron chi connectivity index (χ4n) is 8.65. The van der Waals surface area contributed by atoms with E-state index in [1.165, 1.54) is 4.90 Å². The van der Waals surface area contributed by atoms with Crippen molar-refractivity contribution in [2.45, 2.75) is 122 Å². The number of carbonyl (C=O) groups is 7. The van der Waals surface area contributed by atoms with Crippen LogP contribution in [0.25, 0.3) is 0 Å². The van der Waals surface area contributed by atoms with Crippen molar-refractivity contribution in [1.82, 2.24) is 31.1 Å². The molecule has 14 nitrogen and oxygen atoms in total. The van der Waals surface area contributed by atoms with E-state index in [4.69, 9.17) is 4.74 Å². The summed E-state index contributed by atoms with van der Waals surface area (Å²) in [7, 11) is 3.15. The van der Waals surface area contributed by atoms with Crippen LogP contribution in [0.5, 0.6) is 0 Å². The van der Waals surface area contributed by atoms with Gasteiger partial charge in [-0.2, -0.15) is 0 Å². The summed E-state index contributed by atoms with van der Waals surface area (Å²) in [5, 5.41) is 10.8. The Morgan fingerprint density at radius 2 is 1.56 bits per heavy atom. The van der Waals surface area contributed by atoms with E-state index < -0.39 is 65.9 Å². The molecule has 1 heterocycles. The van der Waals surface area contributed by atoms with Crippen molar-refractivity contribution in [2.75, 3.05) is 27.2 Å². The molecule has 3 saturated carbocycles. The Balaban J connectivity index is 1.29. The molecule has 0 spiro atoms. The van der Waals surface area contributed by atoms with Crippen LogP contribution in [0.4, 0.5) is 4.79 Å². The zero-order valence-corrected chi connectivity index (χ0v) is 33.2. The van der Waals surface area contributed by atoms with Crippen LogP contribution in [0.3, 0.4) is 0 Å². The molecule has 3 aliphatic carbocycles. The molecular weight excluding hydrogens is 704 g/mol. The summed E-state index contributed by atoms with van der Waals surface area (Å²) in [5.74, 6) is -3.40. The van der Waals surface area contributed by atoms with Gasteiger partial charge < -0.3 is 35.8 Å². The molecule has 55 heavy (non-hydrogen) atoms. The van der Waals surface area contributed by atoms with Gasteiger partial charge in [-0.25, -0.2) is 4.79 Å². The Kier molecular flexibility index (Phi) is 13.6. The highest BCUT2D eigenvalue weighted by Crippen LogP contribution is 2.46. The molecule has 4 N–H and O–H groups in total. The van der Waals surface area contributed by atoms with Crippen LogP contribution < -0.4 is 21.3 Å². The average molecular weight is 765 g/mol. The standard InChI is InChI=1S/C41H60N6O8/c1-24-19-28-23-47(39(53)33(27-15-11-8-12-16-27)45-40(54)55-41(2,3)4)34(29(28)20-24)36(50)43-30(21-25-17-18-25)35(49)37(51)42-22-31(48)44-32(38(52)46(5)6)26-13-9-7-10-14-26/h7,9-10,13-14,24-25,27-30,32-34H,8,11-12,15-23H2,1-6H3,(H,42,51)(H,43,50)(H,44,48)(H,45,54)/t24?,28-,29-,30-,32-,33-,34-/m0/s1. The lowest BCUT2D eigenvalue weighted by atomic mass is 9.83. The normalized spacial score (nSPS) is 24.1. The topological polar surface area (TPSA) is 183 Å². The third-order valence-electron chi connectivity index (χ3n) is 11.4. The number of ketones is 1. The maximum atomic E-state index is 14.6. The Labute approximate surface area is 324 Å². The van der Waals surface area contributed by atoms with Crippen molar-refractivity contribution in [2.24, 2.45) is 29.6 Å². The van der Waals surface area contributed by atoms with E-state index in [9.17, 15) is 33.6 Å². The third-order valence-corrected chi connectivity index (χ3v) is 11.4. The van der Waals surface area contributed by atoms with Gasteiger partial charge in [0.05, 0.1) is 12.6 Å². The summed E-state index contributed by atoms with van der Waals surface area (Å²) in [5.41, 5.74) is -0.198. The number of likely N-dealkylation sites (tertiary alicyclic amines) is 1.